The molecule has 3 aliphatic carbocycles. The van der Waals surface area contributed by atoms with Crippen LogP contribution in [0.4, 0.5) is 0 Å². The smallest absolute Gasteiger partial charge is 0.265 e. The van der Waals surface area contributed by atoms with E-state index in [1.807, 2.05) is 66.7 Å². The molecule has 0 spiro atoms. The van der Waals surface area contributed by atoms with Gasteiger partial charge in [0, 0.05) is 36.7 Å². The molecule has 4 aliphatic rings. The van der Waals surface area contributed by atoms with Crippen LogP contribution in [0.2, 0.25) is 5.02 Å². The predicted octanol–water partition coefficient (Wildman–Crippen LogP) is 7.86. The third-order valence-electron chi connectivity index (χ3n) is 11.8. The van der Waals surface area contributed by atoms with Gasteiger partial charge in [0.15, 0.2) is 22.9 Å². The molecule has 8 rings (SSSR count). The number of hydrogen-bond acceptors (Lipinski definition) is 10. The topological polar surface area (TPSA) is 120 Å². The first kappa shape index (κ1) is 38.0. The molecule has 6 atom stereocenters. The van der Waals surface area contributed by atoms with Gasteiger partial charge in [-0.3, -0.25) is 19.3 Å². The van der Waals surface area contributed by atoms with Gasteiger partial charge in [-0.1, -0.05) is 84.4 Å². The highest BCUT2D eigenvalue weighted by atomic mass is 35.5. The quantitative estimate of drug-likeness (QED) is 0.100. The number of hydrogen-bond donors (Lipinski definition) is 1. The van der Waals surface area contributed by atoms with Crippen molar-refractivity contribution in [2.75, 3.05) is 26.2 Å². The van der Waals surface area contributed by atoms with E-state index < -0.39 is 46.7 Å². The number of nitrogens with one attached hydrogen (secondary N) is 1. The number of carbonyl (C=O) groups is 3. The van der Waals surface area contributed by atoms with Crippen molar-refractivity contribution in [3.63, 3.8) is 0 Å². The number of halogens is 1. The number of ether oxygens (including phenoxy) is 3. The Balaban J connectivity index is 1.25. The van der Waals surface area contributed by atoms with Gasteiger partial charge in [-0.25, -0.2) is 0 Å². The van der Waals surface area contributed by atoms with Crippen molar-refractivity contribution in [1.82, 2.24) is 15.4 Å². The minimum Gasteiger partial charge on any atom is -0.488 e. The number of fused-ring (bicyclic) bond motifs is 4. The van der Waals surface area contributed by atoms with Gasteiger partial charge in [0.2, 0.25) is 5.78 Å². The molecule has 2 heterocycles. The summed E-state index contributed by atoms with van der Waals surface area (Å²) in [6.07, 6.45) is 6.06. The number of ketones is 3. The Bertz CT molecular complexity index is 2140. The molecular formula is C45H46ClN3O7. The van der Waals surface area contributed by atoms with Gasteiger partial charge in [-0.2, -0.15) is 0 Å². The van der Waals surface area contributed by atoms with Crippen molar-refractivity contribution in [1.29, 1.82) is 0 Å². The molecule has 1 saturated heterocycles. The third kappa shape index (κ3) is 6.42. The number of benzene rings is 3. The monoisotopic (exact) mass is 775 g/mol. The Kier molecular flexibility index (Phi) is 10.8. The van der Waals surface area contributed by atoms with Crippen LogP contribution < -0.4 is 14.8 Å². The lowest BCUT2D eigenvalue weighted by Gasteiger charge is -2.53. The Morgan fingerprint density at radius 2 is 1.66 bits per heavy atom. The summed E-state index contributed by atoms with van der Waals surface area (Å²) >= 11 is 7.29. The Hall–Kier alpha value is -4.87. The minimum atomic E-state index is -2.03. The number of carbonyl (C=O) groups excluding carboxylic acids is 3. The number of rotatable bonds is 14. The lowest BCUT2D eigenvalue weighted by atomic mass is 9.54. The van der Waals surface area contributed by atoms with Gasteiger partial charge in [-0.15, -0.1) is 13.2 Å². The molecule has 0 amide bonds. The second-order valence-electron chi connectivity index (χ2n) is 15.0. The Morgan fingerprint density at radius 1 is 0.982 bits per heavy atom. The van der Waals surface area contributed by atoms with Crippen LogP contribution in [0.3, 0.4) is 0 Å². The summed E-state index contributed by atoms with van der Waals surface area (Å²) in [4.78, 5) is 47.9. The highest BCUT2D eigenvalue weighted by Crippen LogP contribution is 2.58. The molecule has 1 aromatic heterocycles. The minimum absolute atomic E-state index is 0.00758. The molecule has 1 aliphatic heterocycles. The van der Waals surface area contributed by atoms with Crippen LogP contribution in [-0.2, 0) is 29.2 Å². The molecule has 0 bridgehead atoms. The van der Waals surface area contributed by atoms with Gasteiger partial charge in [-0.05, 0) is 78.5 Å². The summed E-state index contributed by atoms with van der Waals surface area (Å²) in [5.74, 6) is -3.35. The van der Waals surface area contributed by atoms with Crippen molar-refractivity contribution >= 4 is 29.0 Å². The van der Waals surface area contributed by atoms with E-state index in [0.717, 1.165) is 36.1 Å². The maximum atomic E-state index is 15.5. The van der Waals surface area contributed by atoms with Crippen LogP contribution in [0.1, 0.15) is 87.0 Å². The molecule has 56 heavy (non-hydrogen) atoms. The lowest BCUT2D eigenvalue weighted by Crippen LogP contribution is -2.68. The highest BCUT2D eigenvalue weighted by molar-refractivity contribution is 6.34. The van der Waals surface area contributed by atoms with Crippen LogP contribution in [-0.4, -0.2) is 59.2 Å². The van der Waals surface area contributed by atoms with Gasteiger partial charge in [0.1, 0.15) is 24.5 Å². The second kappa shape index (κ2) is 15.9. The summed E-state index contributed by atoms with van der Waals surface area (Å²) in [7, 11) is 0. The van der Waals surface area contributed by atoms with Crippen LogP contribution in [0, 0.1) is 17.8 Å². The first-order chi connectivity index (χ1) is 27.3. The van der Waals surface area contributed by atoms with Crippen molar-refractivity contribution in [2.45, 2.75) is 63.5 Å². The van der Waals surface area contributed by atoms with E-state index in [9.17, 15) is 0 Å². The zero-order valence-corrected chi connectivity index (χ0v) is 32.3. The summed E-state index contributed by atoms with van der Waals surface area (Å²) in [6, 6.07) is 20.4. The van der Waals surface area contributed by atoms with E-state index in [1.54, 1.807) is 19.1 Å². The normalized spacial score (nSPS) is 25.3. The van der Waals surface area contributed by atoms with Crippen LogP contribution >= 0.6 is 11.6 Å². The van der Waals surface area contributed by atoms with Crippen molar-refractivity contribution in [2.24, 2.45) is 17.8 Å². The van der Waals surface area contributed by atoms with E-state index in [1.165, 1.54) is 0 Å². The van der Waals surface area contributed by atoms with Gasteiger partial charge < -0.3 is 24.1 Å². The molecule has 0 radical (unpaired) electrons. The average molecular weight is 776 g/mol. The van der Waals surface area contributed by atoms with E-state index in [2.05, 4.69) is 28.5 Å². The third-order valence-corrected chi connectivity index (χ3v) is 12.3. The van der Waals surface area contributed by atoms with Crippen molar-refractivity contribution in [3.05, 3.63) is 136 Å². The van der Waals surface area contributed by atoms with Gasteiger partial charge in [0.05, 0.1) is 17.5 Å². The number of nitrogens with zero attached hydrogens (tertiary/aromatic N) is 2. The summed E-state index contributed by atoms with van der Waals surface area (Å²) < 4.78 is 25.2. The predicted molar refractivity (Wildman–Crippen MR) is 211 cm³/mol. The van der Waals surface area contributed by atoms with Gasteiger partial charge in [0.25, 0.3) is 5.88 Å². The van der Waals surface area contributed by atoms with E-state index in [-0.39, 0.29) is 37.3 Å². The van der Waals surface area contributed by atoms with Crippen LogP contribution in [0.5, 0.6) is 11.6 Å². The SMILES string of the molecule is C=CCN(CC=C)C1c2onc(OCc3ccccc3)c2C(=O)C2(OCC)C(=O)C3C(=O)c4c(OCc5ccccc5)cc(C5CCCN5)c(Cl)c4CC3CC12. The second-order valence-corrected chi connectivity index (χ2v) is 15.4. The molecule has 4 aromatic rings. The largest absolute Gasteiger partial charge is 0.488 e. The zero-order chi connectivity index (χ0) is 39.0. The fourth-order valence-electron chi connectivity index (χ4n) is 9.48. The molecule has 1 N–H and O–H groups in total. The number of aromatic nitrogens is 1. The van der Waals surface area contributed by atoms with E-state index in [0.29, 0.717) is 53.6 Å². The Labute approximate surface area is 331 Å². The molecule has 3 aromatic carbocycles. The molecule has 6 unspecified atom stereocenters. The summed E-state index contributed by atoms with van der Waals surface area (Å²) in [5, 5.41) is 8.34. The van der Waals surface area contributed by atoms with E-state index in [4.69, 9.17) is 30.3 Å². The molecule has 11 heteroatoms. The first-order valence-corrected chi connectivity index (χ1v) is 19.8. The highest BCUT2D eigenvalue weighted by Gasteiger charge is 2.69. The molecule has 1 saturated carbocycles. The average Bonchev–Trinajstić information content (AvgIpc) is 3.90. The summed E-state index contributed by atoms with van der Waals surface area (Å²) in [5.41, 5.74) is 1.67. The fraction of sp³-hybridized carbons (Fsp3) is 0.378. The Morgan fingerprint density at radius 3 is 2.29 bits per heavy atom. The first-order valence-electron chi connectivity index (χ1n) is 19.5. The molecule has 2 fully saturated rings. The van der Waals surface area contributed by atoms with Crippen LogP contribution in [0.25, 0.3) is 0 Å². The molecule has 10 nitrogen and oxygen atoms in total. The molecular weight excluding hydrogens is 730 g/mol. The maximum Gasteiger partial charge on any atom is 0.265 e. The molecule has 290 valence electrons. The zero-order valence-electron chi connectivity index (χ0n) is 31.5. The summed E-state index contributed by atoms with van der Waals surface area (Å²) in [6.45, 7) is 11.8. The van der Waals surface area contributed by atoms with Crippen LogP contribution in [0.15, 0.2) is 96.6 Å². The van der Waals surface area contributed by atoms with Crippen molar-refractivity contribution in [3.8, 4) is 11.6 Å². The maximum absolute atomic E-state index is 15.5. The lowest BCUT2D eigenvalue weighted by molar-refractivity contribution is -0.164. The van der Waals surface area contributed by atoms with E-state index >= 15 is 14.4 Å². The number of Topliss-reactive ketones (excluding diaryl/α,β-unsaturated/α-hetero) is 3. The van der Waals surface area contributed by atoms with Gasteiger partial charge >= 0.3 is 0 Å². The fourth-order valence-corrected chi connectivity index (χ4v) is 9.84. The standard InChI is InChI=1S/C45H46ClN3O7/c1-4-20-49(21-5-2)39-32-23-29-22-31-36(34(53-25-27-14-9-7-10-15-27)24-30(38(31)46)33-18-13-19-47-33)40(50)35(29)42(51)45(32,55-6-3)43(52)37-41(39)56-48-44(37)54-26-28-16-11-8-12-17-28/h4-5,7-12,14-17,24,29,32-33,35,39,47H,1-2,6,13,18-23,25-26H2,3H3. The van der Waals surface area contributed by atoms with Crippen molar-refractivity contribution < 1.29 is 33.1 Å².